The van der Waals surface area contributed by atoms with E-state index < -0.39 is 6.09 Å². The van der Waals surface area contributed by atoms with Crippen molar-refractivity contribution in [1.29, 1.82) is 5.26 Å². The second kappa shape index (κ2) is 4.61. The zero-order valence-electron chi connectivity index (χ0n) is 10.8. The summed E-state index contributed by atoms with van der Waals surface area (Å²) in [5.74, 6) is 0. The summed E-state index contributed by atoms with van der Waals surface area (Å²) in [6.07, 6.45) is 2.07. The van der Waals surface area contributed by atoms with Gasteiger partial charge in [0, 0.05) is 24.2 Å². The Hall–Kier alpha value is -2.85. The van der Waals surface area contributed by atoms with Gasteiger partial charge in [0.05, 0.1) is 22.3 Å². The molecular weight excluding hydrogens is 294 g/mol. The molecule has 0 aliphatic rings. The largest absolute Gasteiger partial charge is 0.463 e. The number of aromatic nitrogens is 4. The fourth-order valence-corrected chi connectivity index (χ4v) is 2.33. The molecule has 104 valence electrons. The number of aryl methyl sites for hydroxylation is 1. The topological polar surface area (TPSA) is 96.7 Å². The van der Waals surface area contributed by atoms with E-state index in [9.17, 15) is 9.90 Å². The fraction of sp³-hybridized carbons (Fsp3) is 0.0769. The van der Waals surface area contributed by atoms with Gasteiger partial charge in [-0.05, 0) is 12.1 Å². The molecule has 3 aromatic rings. The van der Waals surface area contributed by atoms with Crippen LogP contribution in [0.2, 0.25) is 5.02 Å². The maximum absolute atomic E-state index is 11.3. The van der Waals surface area contributed by atoms with Gasteiger partial charge in [-0.1, -0.05) is 11.6 Å². The van der Waals surface area contributed by atoms with Crippen LogP contribution in [0, 0.1) is 11.3 Å². The maximum Gasteiger partial charge on any atom is 0.432 e. The highest BCUT2D eigenvalue weighted by atomic mass is 35.5. The van der Waals surface area contributed by atoms with Crippen LogP contribution in [0.25, 0.3) is 22.2 Å². The lowest BCUT2D eigenvalue weighted by molar-refractivity contribution is 0.194. The van der Waals surface area contributed by atoms with Crippen molar-refractivity contribution in [3.05, 3.63) is 35.1 Å². The molecule has 0 spiro atoms. The third kappa shape index (κ3) is 2.02. The molecule has 0 aliphatic carbocycles. The Morgan fingerprint density at radius 3 is 2.81 bits per heavy atom. The van der Waals surface area contributed by atoms with Gasteiger partial charge in [0.25, 0.3) is 0 Å². The van der Waals surface area contributed by atoms with E-state index in [2.05, 4.69) is 10.2 Å². The number of nitrogens with zero attached hydrogens (tertiary/aromatic N) is 5. The number of hydrogen-bond acceptors (Lipinski definition) is 4. The first-order chi connectivity index (χ1) is 10.0. The molecule has 2 aromatic heterocycles. The number of carboxylic acid groups (broad SMARTS) is 1. The summed E-state index contributed by atoms with van der Waals surface area (Å²) >= 11 is 6.03. The zero-order chi connectivity index (χ0) is 15.1. The van der Waals surface area contributed by atoms with E-state index >= 15 is 0 Å². The van der Waals surface area contributed by atoms with Crippen molar-refractivity contribution < 1.29 is 9.90 Å². The van der Waals surface area contributed by atoms with Gasteiger partial charge < -0.3 is 5.11 Å². The zero-order valence-corrected chi connectivity index (χ0v) is 11.5. The number of nitriles is 1. The van der Waals surface area contributed by atoms with E-state index in [4.69, 9.17) is 16.9 Å². The average Bonchev–Trinajstić information content (AvgIpc) is 3.01. The number of benzene rings is 1. The second-order valence-electron chi connectivity index (χ2n) is 4.41. The van der Waals surface area contributed by atoms with Crippen molar-refractivity contribution in [1.82, 2.24) is 19.6 Å². The summed E-state index contributed by atoms with van der Waals surface area (Å²) in [5, 5.41) is 27.2. The standard InChI is InChI=1S/C13H8ClN5O2/c1-18-6-8(5-16-18)12-9-3-10(14)7(4-15)2-11(9)19(17-12)13(20)21/h2-3,5-6H,1H3,(H,20,21). The third-order valence-electron chi connectivity index (χ3n) is 3.05. The summed E-state index contributed by atoms with van der Waals surface area (Å²) in [5.41, 5.74) is 1.63. The van der Waals surface area contributed by atoms with E-state index in [0.717, 1.165) is 4.68 Å². The molecule has 21 heavy (non-hydrogen) atoms. The Morgan fingerprint density at radius 2 is 2.24 bits per heavy atom. The van der Waals surface area contributed by atoms with Crippen LogP contribution in [0.4, 0.5) is 4.79 Å². The van der Waals surface area contributed by atoms with E-state index in [1.807, 2.05) is 6.07 Å². The molecule has 0 atom stereocenters. The van der Waals surface area contributed by atoms with Crippen molar-refractivity contribution in [2.75, 3.05) is 0 Å². The van der Waals surface area contributed by atoms with Gasteiger partial charge in [0.1, 0.15) is 11.8 Å². The highest BCUT2D eigenvalue weighted by Crippen LogP contribution is 2.31. The Labute approximate surface area is 123 Å². The van der Waals surface area contributed by atoms with Gasteiger partial charge in [0.2, 0.25) is 0 Å². The fourth-order valence-electron chi connectivity index (χ4n) is 2.12. The predicted octanol–water partition coefficient (Wildman–Crippen LogP) is 2.49. The van der Waals surface area contributed by atoms with Crippen LogP contribution in [0.5, 0.6) is 0 Å². The summed E-state index contributed by atoms with van der Waals surface area (Å²) in [4.78, 5) is 11.3. The van der Waals surface area contributed by atoms with Crippen LogP contribution in [-0.4, -0.2) is 30.8 Å². The van der Waals surface area contributed by atoms with Gasteiger partial charge in [-0.15, -0.1) is 0 Å². The van der Waals surface area contributed by atoms with Crippen molar-refractivity contribution in [3.8, 4) is 17.3 Å². The molecule has 0 bridgehead atoms. The lowest BCUT2D eigenvalue weighted by atomic mass is 10.1. The van der Waals surface area contributed by atoms with Crippen LogP contribution in [0.3, 0.4) is 0 Å². The van der Waals surface area contributed by atoms with E-state index in [1.165, 1.54) is 6.07 Å². The summed E-state index contributed by atoms with van der Waals surface area (Å²) < 4.78 is 2.42. The van der Waals surface area contributed by atoms with Crippen LogP contribution < -0.4 is 0 Å². The van der Waals surface area contributed by atoms with Crippen molar-refractivity contribution in [3.63, 3.8) is 0 Å². The van der Waals surface area contributed by atoms with Gasteiger partial charge >= 0.3 is 6.09 Å². The highest BCUT2D eigenvalue weighted by molar-refractivity contribution is 6.32. The summed E-state index contributed by atoms with van der Waals surface area (Å²) in [7, 11) is 1.75. The quantitative estimate of drug-likeness (QED) is 0.744. The molecule has 0 unspecified atom stereocenters. The molecule has 8 heteroatoms. The molecule has 0 radical (unpaired) electrons. The van der Waals surface area contributed by atoms with E-state index in [-0.39, 0.29) is 10.6 Å². The molecule has 7 nitrogen and oxygen atoms in total. The van der Waals surface area contributed by atoms with Gasteiger partial charge in [-0.3, -0.25) is 4.68 Å². The molecule has 1 N–H and O–H groups in total. The Bertz CT molecular complexity index is 919. The number of fused-ring (bicyclic) bond motifs is 1. The average molecular weight is 302 g/mol. The maximum atomic E-state index is 11.3. The molecular formula is C13H8ClN5O2. The molecule has 0 aliphatic heterocycles. The normalized spacial score (nSPS) is 10.7. The van der Waals surface area contributed by atoms with Crippen LogP contribution in [0.15, 0.2) is 24.5 Å². The molecule has 0 amide bonds. The number of halogens is 1. The SMILES string of the molecule is Cn1cc(-c2nn(C(=O)O)c3cc(C#N)c(Cl)cc23)cn1. The Kier molecular flexibility index (Phi) is 2.89. The molecule has 0 saturated carbocycles. The second-order valence-corrected chi connectivity index (χ2v) is 4.81. The van der Waals surface area contributed by atoms with E-state index in [1.54, 1.807) is 30.2 Å². The summed E-state index contributed by atoms with van der Waals surface area (Å²) in [6, 6.07) is 4.89. The molecule has 1 aromatic carbocycles. The van der Waals surface area contributed by atoms with Crippen molar-refractivity contribution >= 4 is 28.6 Å². The number of hydrogen-bond donors (Lipinski definition) is 1. The molecule has 0 saturated heterocycles. The minimum Gasteiger partial charge on any atom is -0.463 e. The van der Waals surface area contributed by atoms with Crippen LogP contribution in [-0.2, 0) is 7.05 Å². The minimum atomic E-state index is -1.23. The van der Waals surface area contributed by atoms with Crippen LogP contribution >= 0.6 is 11.6 Å². The summed E-state index contributed by atoms with van der Waals surface area (Å²) in [6.45, 7) is 0. The van der Waals surface area contributed by atoms with Gasteiger partial charge in [-0.25, -0.2) is 4.79 Å². The highest BCUT2D eigenvalue weighted by Gasteiger charge is 2.19. The van der Waals surface area contributed by atoms with Crippen molar-refractivity contribution in [2.24, 2.45) is 7.05 Å². The first-order valence-electron chi connectivity index (χ1n) is 5.86. The lowest BCUT2D eigenvalue weighted by Crippen LogP contribution is -2.09. The molecule has 3 rings (SSSR count). The molecule has 2 heterocycles. The van der Waals surface area contributed by atoms with Gasteiger partial charge in [-0.2, -0.15) is 20.1 Å². The molecule has 0 fully saturated rings. The lowest BCUT2D eigenvalue weighted by Gasteiger charge is -1.98. The minimum absolute atomic E-state index is 0.198. The van der Waals surface area contributed by atoms with Crippen LogP contribution in [0.1, 0.15) is 5.56 Å². The smallest absolute Gasteiger partial charge is 0.432 e. The van der Waals surface area contributed by atoms with E-state index in [0.29, 0.717) is 22.2 Å². The Morgan fingerprint density at radius 1 is 1.48 bits per heavy atom. The third-order valence-corrected chi connectivity index (χ3v) is 3.36. The first-order valence-corrected chi connectivity index (χ1v) is 6.23. The Balaban J connectivity index is 2.39. The van der Waals surface area contributed by atoms with Crippen molar-refractivity contribution in [2.45, 2.75) is 0 Å². The monoisotopic (exact) mass is 301 g/mol. The number of carbonyl (C=O) groups is 1. The predicted molar refractivity (Wildman–Crippen MR) is 75.1 cm³/mol. The van der Waals surface area contributed by atoms with Gasteiger partial charge in [0.15, 0.2) is 0 Å². The first kappa shape index (κ1) is 13.1. The number of rotatable bonds is 1.